The van der Waals surface area contributed by atoms with Crippen LogP contribution in [0, 0.1) is 5.82 Å². The van der Waals surface area contributed by atoms with E-state index >= 15 is 0 Å². The van der Waals surface area contributed by atoms with E-state index in [-0.39, 0.29) is 5.82 Å². The van der Waals surface area contributed by atoms with Crippen LogP contribution in [0.4, 0.5) is 4.39 Å². The molecule has 5 heteroatoms. The zero-order chi connectivity index (χ0) is 14.9. The molecule has 21 heavy (non-hydrogen) atoms. The minimum atomic E-state index is -0.301. The molecule has 0 aromatic heterocycles. The van der Waals surface area contributed by atoms with E-state index in [9.17, 15) is 4.39 Å². The summed E-state index contributed by atoms with van der Waals surface area (Å²) in [5.74, 6) is 0.0296. The van der Waals surface area contributed by atoms with Gasteiger partial charge < -0.3 is 15.2 Å². The van der Waals surface area contributed by atoms with Crippen LogP contribution in [0.15, 0.2) is 24.3 Å². The van der Waals surface area contributed by atoms with E-state index in [4.69, 9.17) is 15.2 Å². The van der Waals surface area contributed by atoms with Crippen LogP contribution in [0.5, 0.6) is 5.75 Å². The van der Waals surface area contributed by atoms with Gasteiger partial charge in [-0.15, -0.1) is 0 Å². The molecule has 0 bridgehead atoms. The number of rotatable bonds is 8. The summed E-state index contributed by atoms with van der Waals surface area (Å²) in [6.45, 7) is 4.80. The molecule has 0 unspecified atom stereocenters. The summed E-state index contributed by atoms with van der Waals surface area (Å²) in [6.07, 6.45) is 3.38. The number of hydrogen-bond donors (Lipinski definition) is 1. The topological polar surface area (TPSA) is 47.7 Å². The van der Waals surface area contributed by atoms with Crippen molar-refractivity contribution >= 4 is 0 Å². The average molecular weight is 296 g/mol. The first kappa shape index (κ1) is 16.2. The third kappa shape index (κ3) is 5.61. The van der Waals surface area contributed by atoms with E-state index in [0.717, 1.165) is 45.5 Å². The number of hydrogen-bond acceptors (Lipinski definition) is 4. The van der Waals surface area contributed by atoms with Gasteiger partial charge in [-0.05, 0) is 37.9 Å². The highest BCUT2D eigenvalue weighted by molar-refractivity contribution is 5.23. The molecule has 4 nitrogen and oxygen atoms in total. The average Bonchev–Trinajstić information content (AvgIpc) is 2.51. The molecule has 118 valence electrons. The van der Waals surface area contributed by atoms with Crippen molar-refractivity contribution in [3.8, 4) is 5.75 Å². The molecule has 2 rings (SSSR count). The lowest BCUT2D eigenvalue weighted by molar-refractivity contribution is 0.00509. The minimum absolute atomic E-state index is 0.301. The molecule has 1 heterocycles. The van der Waals surface area contributed by atoms with Crippen LogP contribution in [-0.4, -0.2) is 50.4 Å². The number of halogens is 1. The molecule has 0 radical (unpaired) electrons. The number of piperidine rings is 1. The Bertz CT molecular complexity index is 409. The molecule has 0 atom stereocenters. The van der Waals surface area contributed by atoms with E-state index in [1.165, 1.54) is 6.07 Å². The standard InChI is InChI=1S/C16H25FN2O2/c17-15-4-1-2-5-16(15)21-13-11-19-9-6-14(7-10-19)20-12-3-8-18/h1-2,4-5,14H,3,6-13,18H2. The molecule has 1 aromatic carbocycles. The van der Waals surface area contributed by atoms with Crippen LogP contribution in [0.25, 0.3) is 0 Å². The van der Waals surface area contributed by atoms with Gasteiger partial charge in [-0.1, -0.05) is 12.1 Å². The molecular weight excluding hydrogens is 271 g/mol. The summed E-state index contributed by atoms with van der Waals surface area (Å²) in [6, 6.07) is 6.52. The highest BCUT2D eigenvalue weighted by Gasteiger charge is 2.19. The van der Waals surface area contributed by atoms with Crippen molar-refractivity contribution in [1.82, 2.24) is 4.90 Å². The van der Waals surface area contributed by atoms with Gasteiger partial charge in [-0.25, -0.2) is 4.39 Å². The van der Waals surface area contributed by atoms with Crippen LogP contribution < -0.4 is 10.5 Å². The van der Waals surface area contributed by atoms with Crippen molar-refractivity contribution in [2.45, 2.75) is 25.4 Å². The van der Waals surface area contributed by atoms with Crippen molar-refractivity contribution in [1.29, 1.82) is 0 Å². The van der Waals surface area contributed by atoms with Gasteiger partial charge in [0.1, 0.15) is 6.61 Å². The van der Waals surface area contributed by atoms with Crippen molar-refractivity contribution in [2.24, 2.45) is 5.73 Å². The summed E-state index contributed by atoms with van der Waals surface area (Å²) in [4.78, 5) is 2.34. The Morgan fingerprint density at radius 3 is 2.67 bits per heavy atom. The van der Waals surface area contributed by atoms with E-state index in [0.29, 0.717) is 25.0 Å². The lowest BCUT2D eigenvalue weighted by atomic mass is 10.1. The first-order chi connectivity index (χ1) is 10.3. The maximum atomic E-state index is 13.4. The third-order valence-corrected chi connectivity index (χ3v) is 3.74. The zero-order valence-electron chi connectivity index (χ0n) is 12.5. The quantitative estimate of drug-likeness (QED) is 0.746. The Labute approximate surface area is 126 Å². The lowest BCUT2D eigenvalue weighted by Crippen LogP contribution is -2.39. The van der Waals surface area contributed by atoms with Crippen LogP contribution in [0.2, 0.25) is 0 Å². The number of nitrogens with zero attached hydrogens (tertiary/aromatic N) is 1. The van der Waals surface area contributed by atoms with Crippen molar-refractivity contribution < 1.29 is 13.9 Å². The van der Waals surface area contributed by atoms with Crippen LogP contribution >= 0.6 is 0 Å². The fourth-order valence-corrected chi connectivity index (χ4v) is 2.48. The number of para-hydroxylation sites is 1. The Kier molecular flexibility index (Phi) is 6.92. The van der Waals surface area contributed by atoms with E-state index in [1.807, 2.05) is 0 Å². The SMILES string of the molecule is NCCCOC1CCN(CCOc2ccccc2F)CC1. The molecule has 0 amide bonds. The Morgan fingerprint density at radius 2 is 1.95 bits per heavy atom. The van der Waals surface area contributed by atoms with Gasteiger partial charge in [0.15, 0.2) is 11.6 Å². The summed E-state index contributed by atoms with van der Waals surface area (Å²) < 4.78 is 24.6. The van der Waals surface area contributed by atoms with Gasteiger partial charge in [0, 0.05) is 26.2 Å². The lowest BCUT2D eigenvalue weighted by Gasteiger charge is -2.31. The maximum absolute atomic E-state index is 13.4. The second-order valence-corrected chi connectivity index (χ2v) is 5.33. The molecule has 0 spiro atoms. The number of benzene rings is 1. The van der Waals surface area contributed by atoms with Crippen LogP contribution in [0.1, 0.15) is 19.3 Å². The highest BCUT2D eigenvalue weighted by atomic mass is 19.1. The predicted octanol–water partition coefficient (Wildman–Crippen LogP) is 2.03. The van der Waals surface area contributed by atoms with E-state index in [2.05, 4.69) is 4.90 Å². The number of nitrogens with two attached hydrogens (primary N) is 1. The van der Waals surface area contributed by atoms with Gasteiger partial charge in [0.05, 0.1) is 6.10 Å². The van der Waals surface area contributed by atoms with E-state index in [1.54, 1.807) is 18.2 Å². The maximum Gasteiger partial charge on any atom is 0.165 e. The van der Waals surface area contributed by atoms with Crippen molar-refractivity contribution in [3.63, 3.8) is 0 Å². The molecule has 1 saturated heterocycles. The molecule has 0 saturated carbocycles. The van der Waals surface area contributed by atoms with Gasteiger partial charge in [-0.2, -0.15) is 0 Å². The molecular formula is C16H25FN2O2. The molecule has 1 aliphatic rings. The molecule has 1 fully saturated rings. The predicted molar refractivity (Wildman–Crippen MR) is 81.0 cm³/mol. The Hall–Kier alpha value is -1.17. The van der Waals surface area contributed by atoms with Crippen molar-refractivity contribution in [2.75, 3.05) is 39.4 Å². The molecule has 2 N–H and O–H groups in total. The fourth-order valence-electron chi connectivity index (χ4n) is 2.48. The second-order valence-electron chi connectivity index (χ2n) is 5.33. The summed E-state index contributed by atoms with van der Waals surface area (Å²) in [7, 11) is 0. The Morgan fingerprint density at radius 1 is 1.19 bits per heavy atom. The van der Waals surface area contributed by atoms with Gasteiger partial charge >= 0.3 is 0 Å². The number of likely N-dealkylation sites (tertiary alicyclic amines) is 1. The first-order valence-electron chi connectivity index (χ1n) is 7.71. The van der Waals surface area contributed by atoms with Crippen molar-refractivity contribution in [3.05, 3.63) is 30.1 Å². The smallest absolute Gasteiger partial charge is 0.165 e. The first-order valence-corrected chi connectivity index (χ1v) is 7.71. The van der Waals surface area contributed by atoms with E-state index < -0.39 is 0 Å². The minimum Gasteiger partial charge on any atom is -0.489 e. The summed E-state index contributed by atoms with van der Waals surface area (Å²) in [5, 5.41) is 0. The van der Waals surface area contributed by atoms with Gasteiger partial charge in [0.25, 0.3) is 0 Å². The highest BCUT2D eigenvalue weighted by Crippen LogP contribution is 2.16. The largest absolute Gasteiger partial charge is 0.489 e. The monoisotopic (exact) mass is 296 g/mol. The molecule has 1 aliphatic heterocycles. The second kappa shape index (κ2) is 8.97. The fraction of sp³-hybridized carbons (Fsp3) is 0.625. The molecule has 1 aromatic rings. The van der Waals surface area contributed by atoms with Crippen LogP contribution in [0.3, 0.4) is 0 Å². The number of ether oxygens (including phenoxy) is 2. The normalized spacial score (nSPS) is 17.0. The Balaban J connectivity index is 1.60. The third-order valence-electron chi connectivity index (χ3n) is 3.74. The zero-order valence-corrected chi connectivity index (χ0v) is 12.5. The summed E-state index contributed by atoms with van der Waals surface area (Å²) >= 11 is 0. The van der Waals surface area contributed by atoms with Gasteiger partial charge in [0.2, 0.25) is 0 Å². The molecule has 0 aliphatic carbocycles. The van der Waals surface area contributed by atoms with Gasteiger partial charge in [-0.3, -0.25) is 4.90 Å². The summed E-state index contributed by atoms with van der Waals surface area (Å²) in [5.41, 5.74) is 5.45. The van der Waals surface area contributed by atoms with Crippen LogP contribution in [-0.2, 0) is 4.74 Å².